The van der Waals surface area contributed by atoms with Crippen LogP contribution in [0.25, 0.3) is 0 Å². The minimum Gasteiger partial charge on any atom is -0.444 e. The average Bonchev–Trinajstić information content (AvgIpc) is 2.99. The molecule has 1 aromatic heterocycles. The normalized spacial score (nSPS) is 25.5. The van der Waals surface area contributed by atoms with Crippen molar-refractivity contribution in [3.63, 3.8) is 0 Å². The van der Waals surface area contributed by atoms with Crippen LogP contribution in [0.3, 0.4) is 0 Å². The number of amides is 1. The van der Waals surface area contributed by atoms with Crippen molar-refractivity contribution in [3.8, 4) is 0 Å². The number of rotatable bonds is 3. The van der Waals surface area contributed by atoms with Crippen LogP contribution in [-0.2, 0) is 11.2 Å². The van der Waals surface area contributed by atoms with Gasteiger partial charge in [-0.05, 0) is 46.0 Å². The highest BCUT2D eigenvalue weighted by Gasteiger charge is 2.35. The summed E-state index contributed by atoms with van der Waals surface area (Å²) >= 11 is 0. The summed E-state index contributed by atoms with van der Waals surface area (Å²) in [6.45, 7) is 9.32. The molecular formula is C17H27N3O3. The van der Waals surface area contributed by atoms with Crippen LogP contribution in [0.2, 0.25) is 0 Å². The first kappa shape index (κ1) is 16.3. The van der Waals surface area contributed by atoms with Crippen LogP contribution >= 0.6 is 0 Å². The Hall–Kier alpha value is -1.59. The van der Waals surface area contributed by atoms with Gasteiger partial charge in [-0.3, -0.25) is 0 Å². The molecule has 2 heterocycles. The molecule has 0 radical (unpaired) electrons. The summed E-state index contributed by atoms with van der Waals surface area (Å²) in [5.74, 6) is 3.18. The lowest BCUT2D eigenvalue weighted by Gasteiger charge is -2.39. The van der Waals surface area contributed by atoms with Crippen molar-refractivity contribution in [1.82, 2.24) is 15.0 Å². The van der Waals surface area contributed by atoms with Gasteiger partial charge in [0.25, 0.3) is 0 Å². The number of carbonyl (C=O) groups is 1. The van der Waals surface area contributed by atoms with Crippen molar-refractivity contribution in [1.29, 1.82) is 0 Å². The van der Waals surface area contributed by atoms with E-state index in [1.807, 2.05) is 20.8 Å². The van der Waals surface area contributed by atoms with Crippen LogP contribution in [0, 0.1) is 11.8 Å². The molecule has 1 aromatic rings. The zero-order chi connectivity index (χ0) is 16.6. The highest BCUT2D eigenvalue weighted by atomic mass is 16.6. The Morgan fingerprint density at radius 3 is 2.70 bits per heavy atom. The second kappa shape index (κ2) is 6.13. The molecule has 6 nitrogen and oxygen atoms in total. The van der Waals surface area contributed by atoms with Gasteiger partial charge in [-0.15, -0.1) is 0 Å². The van der Waals surface area contributed by atoms with Crippen molar-refractivity contribution in [3.05, 3.63) is 11.7 Å². The maximum Gasteiger partial charge on any atom is 0.410 e. The van der Waals surface area contributed by atoms with E-state index in [0.717, 1.165) is 31.0 Å². The summed E-state index contributed by atoms with van der Waals surface area (Å²) < 4.78 is 10.8. The topological polar surface area (TPSA) is 68.5 Å². The number of carbonyl (C=O) groups excluding carboxylic acids is 1. The first-order valence-electron chi connectivity index (χ1n) is 8.60. The lowest BCUT2D eigenvalue weighted by atomic mass is 9.97. The number of aromatic nitrogens is 2. The van der Waals surface area contributed by atoms with Gasteiger partial charge in [0.15, 0.2) is 5.82 Å². The Balaban J connectivity index is 1.45. The third-order valence-electron chi connectivity index (χ3n) is 4.62. The molecule has 2 fully saturated rings. The standard InChI is InChI=1S/C17H27N3O3/c1-11-5-6-13(7-11)15-18-14(23-19-15)8-12-9-20(10-12)16(21)22-17(2,3)4/h11-13H,5-10H2,1-4H3. The average molecular weight is 321 g/mol. The van der Waals surface area contributed by atoms with Gasteiger partial charge < -0.3 is 14.2 Å². The molecule has 128 valence electrons. The molecule has 23 heavy (non-hydrogen) atoms. The van der Waals surface area contributed by atoms with E-state index in [-0.39, 0.29) is 6.09 Å². The van der Waals surface area contributed by atoms with Crippen molar-refractivity contribution in [2.24, 2.45) is 11.8 Å². The molecule has 2 atom stereocenters. The predicted octanol–water partition coefficient (Wildman–Crippen LogP) is 3.38. The van der Waals surface area contributed by atoms with Crippen LogP contribution in [0.1, 0.15) is 64.6 Å². The van der Waals surface area contributed by atoms with E-state index in [2.05, 4.69) is 17.1 Å². The number of nitrogens with zero attached hydrogens (tertiary/aromatic N) is 3. The second-order valence-electron chi connectivity index (χ2n) is 8.12. The van der Waals surface area contributed by atoms with Gasteiger partial charge in [0, 0.05) is 31.3 Å². The molecule has 1 aliphatic carbocycles. The lowest BCUT2D eigenvalue weighted by Crippen LogP contribution is -2.52. The Morgan fingerprint density at radius 2 is 2.09 bits per heavy atom. The van der Waals surface area contributed by atoms with Gasteiger partial charge in [-0.2, -0.15) is 4.98 Å². The van der Waals surface area contributed by atoms with Crippen LogP contribution in [-0.4, -0.2) is 39.8 Å². The zero-order valence-corrected chi connectivity index (χ0v) is 14.5. The molecule has 1 saturated carbocycles. The van der Waals surface area contributed by atoms with Crippen LogP contribution in [0.4, 0.5) is 4.79 Å². The maximum absolute atomic E-state index is 11.9. The first-order valence-corrected chi connectivity index (χ1v) is 8.60. The fourth-order valence-electron chi connectivity index (χ4n) is 3.38. The quantitative estimate of drug-likeness (QED) is 0.853. The van der Waals surface area contributed by atoms with Crippen molar-refractivity contribution < 1.29 is 14.1 Å². The van der Waals surface area contributed by atoms with Crippen LogP contribution in [0.5, 0.6) is 0 Å². The highest BCUT2D eigenvalue weighted by Crippen LogP contribution is 2.36. The van der Waals surface area contributed by atoms with E-state index >= 15 is 0 Å². The lowest BCUT2D eigenvalue weighted by molar-refractivity contribution is -0.00186. The Labute approximate surface area is 137 Å². The van der Waals surface area contributed by atoms with E-state index in [9.17, 15) is 4.79 Å². The smallest absolute Gasteiger partial charge is 0.410 e. The summed E-state index contributed by atoms with van der Waals surface area (Å²) in [5.41, 5.74) is -0.442. The minimum absolute atomic E-state index is 0.236. The fourth-order valence-corrected chi connectivity index (χ4v) is 3.38. The molecule has 1 amide bonds. The van der Waals surface area contributed by atoms with Gasteiger partial charge >= 0.3 is 6.09 Å². The Kier molecular flexibility index (Phi) is 4.34. The van der Waals surface area contributed by atoms with E-state index < -0.39 is 5.60 Å². The SMILES string of the molecule is CC1CCC(c2noc(CC3CN(C(=O)OC(C)(C)C)C3)n2)C1. The fraction of sp³-hybridized carbons (Fsp3) is 0.824. The van der Waals surface area contributed by atoms with Gasteiger partial charge in [0.05, 0.1) is 0 Å². The molecule has 1 saturated heterocycles. The number of hydrogen-bond donors (Lipinski definition) is 0. The molecule has 1 aliphatic heterocycles. The van der Waals surface area contributed by atoms with Crippen molar-refractivity contribution in [2.75, 3.05) is 13.1 Å². The summed E-state index contributed by atoms with van der Waals surface area (Å²) in [5, 5.41) is 4.16. The van der Waals surface area contributed by atoms with Crippen LogP contribution in [0.15, 0.2) is 4.52 Å². The molecule has 0 N–H and O–H groups in total. The largest absolute Gasteiger partial charge is 0.444 e. The van der Waals surface area contributed by atoms with E-state index in [0.29, 0.717) is 30.8 Å². The summed E-state index contributed by atoms with van der Waals surface area (Å²) in [6.07, 6.45) is 4.08. The van der Waals surface area contributed by atoms with E-state index in [1.165, 1.54) is 6.42 Å². The zero-order valence-electron chi connectivity index (χ0n) is 14.5. The highest BCUT2D eigenvalue weighted by molar-refractivity contribution is 5.69. The molecule has 3 rings (SSSR count). The predicted molar refractivity (Wildman–Crippen MR) is 85.1 cm³/mol. The van der Waals surface area contributed by atoms with Crippen molar-refractivity contribution in [2.45, 2.75) is 64.9 Å². The molecule has 0 bridgehead atoms. The molecule has 2 aliphatic rings. The van der Waals surface area contributed by atoms with Gasteiger partial charge in [0.2, 0.25) is 5.89 Å². The second-order valence-corrected chi connectivity index (χ2v) is 8.12. The number of ether oxygens (including phenoxy) is 1. The van der Waals surface area contributed by atoms with Gasteiger partial charge in [-0.1, -0.05) is 12.1 Å². The molecule has 0 aromatic carbocycles. The van der Waals surface area contributed by atoms with E-state index in [1.54, 1.807) is 4.90 Å². The maximum atomic E-state index is 11.9. The van der Waals surface area contributed by atoms with E-state index in [4.69, 9.17) is 9.26 Å². The first-order chi connectivity index (χ1) is 10.8. The number of hydrogen-bond acceptors (Lipinski definition) is 5. The third-order valence-corrected chi connectivity index (χ3v) is 4.62. The molecular weight excluding hydrogens is 294 g/mol. The molecule has 6 heteroatoms. The number of likely N-dealkylation sites (tertiary alicyclic amines) is 1. The Bertz CT molecular complexity index is 558. The summed E-state index contributed by atoms with van der Waals surface area (Å²) in [7, 11) is 0. The molecule has 2 unspecified atom stereocenters. The van der Waals surface area contributed by atoms with Gasteiger partial charge in [-0.25, -0.2) is 4.79 Å². The van der Waals surface area contributed by atoms with Gasteiger partial charge in [0.1, 0.15) is 5.60 Å². The monoisotopic (exact) mass is 321 g/mol. The minimum atomic E-state index is -0.442. The summed E-state index contributed by atoms with van der Waals surface area (Å²) in [4.78, 5) is 18.2. The molecule has 0 spiro atoms. The summed E-state index contributed by atoms with van der Waals surface area (Å²) in [6, 6.07) is 0. The third kappa shape index (κ3) is 4.03. The van der Waals surface area contributed by atoms with Crippen LogP contribution < -0.4 is 0 Å². The Morgan fingerprint density at radius 1 is 1.35 bits per heavy atom. The van der Waals surface area contributed by atoms with Crippen molar-refractivity contribution >= 4 is 6.09 Å².